The topological polar surface area (TPSA) is 171 Å². The predicted molar refractivity (Wildman–Crippen MR) is 224 cm³/mol. The minimum Gasteiger partial charge on any atom is -0.780 e. The van der Waals surface area contributed by atoms with E-state index in [1.54, 1.807) is 0 Å². The molecule has 0 unspecified atom stereocenters. The van der Waals surface area contributed by atoms with E-state index in [4.69, 9.17) is 14.8 Å². The van der Waals surface area contributed by atoms with Crippen LogP contribution in [-0.2, 0) is 36.3 Å². The molecule has 0 bridgehead atoms. The number of allylic oxidation sites excluding steroid dienone is 1. The number of hydrogen-bond acceptors (Lipinski definition) is 12. The Morgan fingerprint density at radius 3 is 1.38 bits per heavy atom. The molecule has 61 heavy (non-hydrogen) atoms. The van der Waals surface area contributed by atoms with Crippen molar-refractivity contribution in [2.75, 3.05) is 23.9 Å². The van der Waals surface area contributed by atoms with Gasteiger partial charge >= 0.3 is 65.1 Å². The van der Waals surface area contributed by atoms with Crippen molar-refractivity contribution in [3.8, 4) is 0 Å². The van der Waals surface area contributed by atoms with Crippen molar-refractivity contribution in [1.82, 2.24) is 4.57 Å². The van der Waals surface area contributed by atoms with E-state index in [1.165, 1.54) is 6.92 Å². The van der Waals surface area contributed by atoms with Crippen molar-refractivity contribution < 1.29 is 92.6 Å². The van der Waals surface area contributed by atoms with Crippen LogP contribution >= 0.6 is 7.82 Å². The summed E-state index contributed by atoms with van der Waals surface area (Å²) in [4.78, 5) is 74.3. The SMILES string of the molecule is CC(OP(=O)([O-])[O-])=C1c2ccccc2N(C)c2ccccc21.CN1c2ccccc2C2(OOC2=O)c2ccccc21.Cn1c2ccccc2c(=O)c2ccccc21.O=O.[Na+].[Na+]. The van der Waals surface area contributed by atoms with Crippen LogP contribution in [0.1, 0.15) is 29.2 Å². The van der Waals surface area contributed by atoms with Gasteiger partial charge in [0.25, 0.3) is 5.60 Å². The van der Waals surface area contributed by atoms with Gasteiger partial charge in [-0.15, -0.1) is 0 Å². The molecule has 1 aromatic heterocycles. The van der Waals surface area contributed by atoms with Gasteiger partial charge in [0.1, 0.15) is 13.6 Å². The number of fused-ring (bicyclic) bond motifs is 8. The van der Waals surface area contributed by atoms with Crippen LogP contribution in [0.2, 0.25) is 0 Å². The molecule has 10 rings (SSSR count). The number of aryl methyl sites for hydroxylation is 1. The number of benzene rings is 6. The molecule has 3 aliphatic rings. The Hall–Kier alpha value is -4.89. The maximum Gasteiger partial charge on any atom is 1.00 e. The molecular formula is C45H36N3Na2O10P. The van der Waals surface area contributed by atoms with Crippen molar-refractivity contribution >= 4 is 63.9 Å². The summed E-state index contributed by atoms with van der Waals surface area (Å²) in [6, 6.07) is 46.0. The van der Waals surface area contributed by atoms with Gasteiger partial charge in [0.15, 0.2) is 5.43 Å². The molecule has 1 saturated heterocycles. The third-order valence-corrected chi connectivity index (χ3v) is 11.0. The second-order valence-corrected chi connectivity index (χ2v) is 14.8. The first kappa shape index (κ1) is 47.2. The smallest absolute Gasteiger partial charge is 0.780 e. The van der Waals surface area contributed by atoms with Gasteiger partial charge < -0.3 is 33.2 Å². The van der Waals surface area contributed by atoms with Crippen LogP contribution in [-0.4, -0.2) is 24.6 Å². The molecule has 0 amide bonds. The van der Waals surface area contributed by atoms with Gasteiger partial charge in [-0.05, 0) is 55.5 Å². The zero-order valence-electron chi connectivity index (χ0n) is 34.2. The van der Waals surface area contributed by atoms with E-state index in [0.29, 0.717) is 5.57 Å². The number of nitrogens with zero attached hydrogens (tertiary/aromatic N) is 3. The molecule has 0 saturated carbocycles. The molecule has 0 N–H and O–H groups in total. The zero-order valence-corrected chi connectivity index (χ0v) is 39.1. The fraction of sp³-hybridized carbons (Fsp3) is 0.111. The van der Waals surface area contributed by atoms with E-state index >= 15 is 0 Å². The summed E-state index contributed by atoms with van der Waals surface area (Å²) in [5.74, 6) is -0.276. The standard InChI is InChI=1S/C16H16NO4P.C15H11NO3.C14H11NO.2Na.O2/c1-11(21-22(18,19)20)16-12-7-3-5-9-14(12)17(2)15-10-6-4-8-13(15)16;1-16-12-8-4-2-6-10(12)15(14(17)18-19-15)11-7-3-5-9-13(11)16;1-15-12-8-4-2-6-10(12)14(16)11-7-3-5-9-13(11)15;;;1-2/h3-10H,1-2H3,(H2,18,19,20);2-9H,1H3;2-9H,1H3;;;/q;;;2*+1;/p-2. The number of phosphoric acid groups is 1. The average Bonchev–Trinajstić information content (AvgIpc) is 3.26. The molecule has 3 aliphatic heterocycles. The van der Waals surface area contributed by atoms with Crippen LogP contribution in [0.4, 0.5) is 22.7 Å². The van der Waals surface area contributed by atoms with Crippen LogP contribution < -0.4 is 84.1 Å². The fourth-order valence-electron chi connectivity index (χ4n) is 7.88. The summed E-state index contributed by atoms with van der Waals surface area (Å²) in [5, 5.41) is 1.56. The zero-order chi connectivity index (χ0) is 42.1. The van der Waals surface area contributed by atoms with Crippen LogP contribution in [0.3, 0.4) is 0 Å². The summed E-state index contributed by atoms with van der Waals surface area (Å²) in [6.07, 6.45) is 0. The number of hydrogen-bond donors (Lipinski definition) is 0. The summed E-state index contributed by atoms with van der Waals surface area (Å²) in [6.45, 7) is 1.50. The van der Waals surface area contributed by atoms with Gasteiger partial charge in [0.2, 0.25) is 0 Å². The number of carbonyl (C=O) groups is 1. The first-order valence-corrected chi connectivity index (χ1v) is 19.7. The van der Waals surface area contributed by atoms with E-state index in [1.807, 2.05) is 172 Å². The van der Waals surface area contributed by atoms with Crippen LogP contribution in [0.5, 0.6) is 0 Å². The molecule has 298 valence electrons. The average molecular weight is 856 g/mol. The van der Waals surface area contributed by atoms with Gasteiger partial charge in [-0.1, -0.05) is 97.1 Å². The van der Waals surface area contributed by atoms with Gasteiger partial charge in [0, 0.05) is 92.4 Å². The van der Waals surface area contributed by atoms with Gasteiger partial charge in [-0.25, -0.2) is 4.79 Å². The first-order valence-electron chi connectivity index (χ1n) is 18.2. The second kappa shape index (κ2) is 19.4. The Balaban J connectivity index is 0.000000169. The quantitative estimate of drug-likeness (QED) is 0.0812. The Morgan fingerprint density at radius 1 is 0.590 bits per heavy atom. The Labute approximate surface area is 395 Å². The maximum absolute atomic E-state index is 12.2. The third-order valence-electron chi connectivity index (χ3n) is 10.5. The van der Waals surface area contributed by atoms with Gasteiger partial charge in [-0.3, -0.25) is 9.68 Å². The Kier molecular flexibility index (Phi) is 15.0. The van der Waals surface area contributed by atoms with Crippen LogP contribution in [0, 0.1) is 9.93 Å². The normalized spacial score (nSPS) is 13.5. The fourth-order valence-corrected chi connectivity index (χ4v) is 8.31. The molecule has 6 aromatic carbocycles. The molecule has 0 radical (unpaired) electrons. The van der Waals surface area contributed by atoms with E-state index in [2.05, 4.69) is 18.9 Å². The van der Waals surface area contributed by atoms with Gasteiger partial charge in [-0.2, -0.15) is 4.89 Å². The molecule has 13 nitrogen and oxygen atoms in total. The second-order valence-electron chi connectivity index (χ2n) is 13.7. The third kappa shape index (κ3) is 8.64. The van der Waals surface area contributed by atoms with Crippen molar-refractivity contribution in [3.05, 3.63) is 194 Å². The summed E-state index contributed by atoms with van der Waals surface area (Å²) in [5.41, 5.74) is 8.66. The van der Waals surface area contributed by atoms with Crippen molar-refractivity contribution in [3.63, 3.8) is 0 Å². The predicted octanol–water partition coefficient (Wildman–Crippen LogP) is 1.66. The summed E-state index contributed by atoms with van der Waals surface area (Å²) < 4.78 is 17.7. The number of anilines is 4. The van der Waals surface area contributed by atoms with Crippen molar-refractivity contribution in [2.45, 2.75) is 12.5 Å². The number of phosphoric ester groups is 1. The van der Waals surface area contributed by atoms with Crippen LogP contribution in [0.15, 0.2) is 156 Å². The summed E-state index contributed by atoms with van der Waals surface area (Å²) in [7, 11) is 0.813. The van der Waals surface area contributed by atoms with E-state index in [-0.39, 0.29) is 76.3 Å². The van der Waals surface area contributed by atoms with E-state index in [0.717, 1.165) is 66.8 Å². The monoisotopic (exact) mass is 855 g/mol. The minimum absolute atomic E-state index is 0. The maximum atomic E-state index is 12.2. The number of rotatable bonds is 2. The molecule has 16 heteroatoms. The van der Waals surface area contributed by atoms with Crippen molar-refractivity contribution in [2.24, 2.45) is 7.05 Å². The Bertz CT molecular complexity index is 2740. The van der Waals surface area contributed by atoms with Gasteiger partial charge in [0.05, 0.1) is 11.0 Å². The van der Waals surface area contributed by atoms with Crippen LogP contribution in [0.25, 0.3) is 27.4 Å². The largest absolute Gasteiger partial charge is 1.00 e. The number of carbonyl (C=O) groups excluding carboxylic acids is 1. The molecule has 1 fully saturated rings. The Morgan fingerprint density at radius 2 is 0.967 bits per heavy atom. The molecule has 0 atom stereocenters. The molecular weight excluding hydrogens is 819 g/mol. The molecule has 7 aromatic rings. The summed E-state index contributed by atoms with van der Waals surface area (Å²) >= 11 is 0. The number of para-hydroxylation sites is 6. The first-order chi connectivity index (χ1) is 28.4. The van der Waals surface area contributed by atoms with Crippen molar-refractivity contribution in [1.29, 1.82) is 0 Å². The minimum atomic E-state index is -5.10. The number of pyridine rings is 1. The molecule has 1 spiro atoms. The van der Waals surface area contributed by atoms with E-state index < -0.39 is 13.4 Å². The molecule has 0 aliphatic carbocycles. The number of aromatic nitrogens is 1. The van der Waals surface area contributed by atoms with E-state index in [9.17, 15) is 23.9 Å². The molecule has 4 heterocycles.